The van der Waals surface area contributed by atoms with E-state index in [0.717, 1.165) is 3.57 Å². The lowest BCUT2D eigenvalue weighted by Crippen LogP contribution is -2.27. The largest absolute Gasteiger partial charge is 0.468 e. The molecule has 0 saturated carbocycles. The number of fused-ring (bicyclic) bond motifs is 1. The van der Waals surface area contributed by atoms with E-state index in [9.17, 15) is 14.4 Å². The normalized spacial score (nSPS) is 18.7. The minimum absolute atomic E-state index is 0.184. The first-order valence-electron chi connectivity index (χ1n) is 5.24. The number of halogens is 1. The predicted molar refractivity (Wildman–Crippen MR) is 72.2 cm³/mol. The predicted octanol–water partition coefficient (Wildman–Crippen LogP) is 1.61. The number of ether oxygens (including phenoxy) is 1. The van der Waals surface area contributed by atoms with Gasteiger partial charge in [0.05, 0.1) is 12.8 Å². The quantitative estimate of drug-likeness (QED) is 0.470. The van der Waals surface area contributed by atoms with Gasteiger partial charge in [-0.05, 0) is 40.8 Å². The summed E-state index contributed by atoms with van der Waals surface area (Å²) in [6, 6.07) is 5.06. The van der Waals surface area contributed by atoms with Crippen molar-refractivity contribution in [1.29, 1.82) is 0 Å². The molecule has 1 heterocycles. The monoisotopic (exact) mass is 359 g/mol. The fourth-order valence-electron chi connectivity index (χ4n) is 1.83. The molecule has 0 bridgehead atoms. The van der Waals surface area contributed by atoms with Crippen LogP contribution in [0.5, 0.6) is 0 Å². The molecule has 0 radical (unpaired) electrons. The van der Waals surface area contributed by atoms with Crippen LogP contribution in [0.2, 0.25) is 0 Å². The number of anilines is 1. The molecule has 2 rings (SSSR count). The summed E-state index contributed by atoms with van der Waals surface area (Å²) in [5.74, 6) is -2.48. The van der Waals surface area contributed by atoms with Crippen molar-refractivity contribution in [1.82, 2.24) is 0 Å². The summed E-state index contributed by atoms with van der Waals surface area (Å²) in [7, 11) is 1.20. The molecule has 1 unspecified atom stereocenters. The van der Waals surface area contributed by atoms with Gasteiger partial charge in [-0.15, -0.1) is 0 Å². The summed E-state index contributed by atoms with van der Waals surface area (Å²) in [6.07, 6.45) is -0.184. The van der Waals surface area contributed by atoms with Gasteiger partial charge in [-0.1, -0.05) is 0 Å². The van der Waals surface area contributed by atoms with E-state index in [-0.39, 0.29) is 18.1 Å². The van der Waals surface area contributed by atoms with Gasteiger partial charge in [0, 0.05) is 15.6 Å². The Bertz CT molecular complexity index is 541. The Kier molecular flexibility index (Phi) is 3.65. The number of benzene rings is 1. The Morgan fingerprint density at radius 1 is 1.44 bits per heavy atom. The molecule has 1 aliphatic rings. The van der Waals surface area contributed by atoms with E-state index >= 15 is 0 Å². The summed E-state index contributed by atoms with van der Waals surface area (Å²) >= 11 is 2.08. The zero-order valence-electron chi connectivity index (χ0n) is 9.53. The van der Waals surface area contributed by atoms with Crippen molar-refractivity contribution >= 4 is 45.9 Å². The topological polar surface area (TPSA) is 72.5 Å². The van der Waals surface area contributed by atoms with Crippen LogP contribution in [0.25, 0.3) is 0 Å². The Labute approximate surface area is 117 Å². The smallest absolute Gasteiger partial charge is 0.317 e. The highest BCUT2D eigenvalue weighted by Crippen LogP contribution is 2.27. The maximum Gasteiger partial charge on any atom is 0.317 e. The lowest BCUT2D eigenvalue weighted by Gasteiger charge is -2.09. The van der Waals surface area contributed by atoms with Crippen molar-refractivity contribution in [3.05, 3.63) is 27.3 Å². The molecular weight excluding hydrogens is 349 g/mol. The number of Topliss-reactive ketones (excluding diaryl/α,β-unsaturated/α-hetero) is 1. The highest BCUT2D eigenvalue weighted by Gasteiger charge is 2.35. The number of methoxy groups -OCH3 is 1. The van der Waals surface area contributed by atoms with Gasteiger partial charge in [-0.2, -0.15) is 0 Å². The van der Waals surface area contributed by atoms with Crippen LogP contribution in [0.3, 0.4) is 0 Å². The number of nitrogens with one attached hydrogen (secondary N) is 1. The van der Waals surface area contributed by atoms with E-state index in [2.05, 4.69) is 32.6 Å². The van der Waals surface area contributed by atoms with Crippen LogP contribution in [0.1, 0.15) is 16.8 Å². The molecule has 5 nitrogen and oxygen atoms in total. The minimum Gasteiger partial charge on any atom is -0.468 e. The molecule has 0 aliphatic carbocycles. The summed E-state index contributed by atoms with van der Waals surface area (Å²) in [4.78, 5) is 35.4. The van der Waals surface area contributed by atoms with E-state index in [1.54, 1.807) is 18.2 Å². The van der Waals surface area contributed by atoms with Crippen molar-refractivity contribution in [3.8, 4) is 0 Å². The highest BCUT2D eigenvalue weighted by atomic mass is 127. The number of esters is 1. The number of rotatable bonds is 1. The standard InChI is InChI=1S/C12H10INO4/c1-18-12(17)8-5-10(15)14-9-4-6(13)2-3-7(9)11(8)16/h2-4,8H,5H2,1H3,(H,14,15). The molecule has 1 aliphatic heterocycles. The Hall–Kier alpha value is -1.44. The molecule has 0 aromatic heterocycles. The molecule has 6 heteroatoms. The van der Waals surface area contributed by atoms with Gasteiger partial charge in [0.15, 0.2) is 5.78 Å². The molecule has 94 valence electrons. The van der Waals surface area contributed by atoms with Crippen molar-refractivity contribution in [2.24, 2.45) is 5.92 Å². The molecule has 0 saturated heterocycles. The first-order valence-corrected chi connectivity index (χ1v) is 6.32. The van der Waals surface area contributed by atoms with Crippen molar-refractivity contribution in [2.45, 2.75) is 6.42 Å². The first kappa shape index (κ1) is 13.0. The maximum atomic E-state index is 12.2. The van der Waals surface area contributed by atoms with Gasteiger partial charge in [-0.3, -0.25) is 14.4 Å². The fourth-order valence-corrected chi connectivity index (χ4v) is 2.33. The SMILES string of the molecule is COC(=O)C1CC(=O)Nc2cc(I)ccc2C1=O. The number of carbonyl (C=O) groups is 3. The van der Waals surface area contributed by atoms with E-state index < -0.39 is 11.9 Å². The van der Waals surface area contributed by atoms with Crippen LogP contribution in [-0.4, -0.2) is 24.8 Å². The summed E-state index contributed by atoms with van der Waals surface area (Å²) in [5.41, 5.74) is 0.792. The van der Waals surface area contributed by atoms with Crippen LogP contribution >= 0.6 is 22.6 Å². The number of amides is 1. The Morgan fingerprint density at radius 3 is 2.83 bits per heavy atom. The second-order valence-corrected chi connectivity index (χ2v) is 5.13. The summed E-state index contributed by atoms with van der Waals surface area (Å²) in [6.45, 7) is 0. The lowest BCUT2D eigenvalue weighted by molar-refractivity contribution is -0.145. The second-order valence-electron chi connectivity index (χ2n) is 3.88. The fraction of sp³-hybridized carbons (Fsp3) is 0.250. The molecule has 1 N–H and O–H groups in total. The van der Waals surface area contributed by atoms with Crippen molar-refractivity contribution in [2.75, 3.05) is 12.4 Å². The average Bonchev–Trinajstić information content (AvgIpc) is 2.45. The van der Waals surface area contributed by atoms with Gasteiger partial charge in [0.25, 0.3) is 0 Å². The van der Waals surface area contributed by atoms with Gasteiger partial charge in [0.1, 0.15) is 5.92 Å². The van der Waals surface area contributed by atoms with E-state index in [4.69, 9.17) is 0 Å². The second kappa shape index (κ2) is 5.05. The molecule has 0 fully saturated rings. The van der Waals surface area contributed by atoms with E-state index in [0.29, 0.717) is 11.3 Å². The van der Waals surface area contributed by atoms with Gasteiger partial charge < -0.3 is 10.1 Å². The number of hydrogen-bond acceptors (Lipinski definition) is 4. The van der Waals surface area contributed by atoms with Crippen LogP contribution in [-0.2, 0) is 14.3 Å². The Balaban J connectivity index is 2.49. The molecule has 18 heavy (non-hydrogen) atoms. The lowest BCUT2D eigenvalue weighted by atomic mass is 9.95. The minimum atomic E-state index is -1.06. The number of ketones is 1. The van der Waals surface area contributed by atoms with Crippen molar-refractivity contribution < 1.29 is 19.1 Å². The Morgan fingerprint density at radius 2 is 2.17 bits per heavy atom. The molecule has 1 amide bonds. The van der Waals surface area contributed by atoms with E-state index in [1.807, 2.05) is 0 Å². The zero-order chi connectivity index (χ0) is 13.3. The van der Waals surface area contributed by atoms with Crippen LogP contribution in [0.4, 0.5) is 5.69 Å². The van der Waals surface area contributed by atoms with E-state index in [1.165, 1.54) is 7.11 Å². The van der Waals surface area contributed by atoms with Crippen molar-refractivity contribution in [3.63, 3.8) is 0 Å². The van der Waals surface area contributed by atoms with Crippen LogP contribution < -0.4 is 5.32 Å². The number of hydrogen-bond donors (Lipinski definition) is 1. The summed E-state index contributed by atoms with van der Waals surface area (Å²) < 4.78 is 5.46. The van der Waals surface area contributed by atoms with Crippen LogP contribution in [0, 0.1) is 9.49 Å². The third kappa shape index (κ3) is 2.38. The third-order valence-electron chi connectivity index (χ3n) is 2.71. The molecular formula is C12H10INO4. The summed E-state index contributed by atoms with van der Waals surface area (Å²) in [5, 5.41) is 2.63. The number of carbonyl (C=O) groups excluding carboxylic acids is 3. The molecule has 1 aromatic rings. The third-order valence-corrected chi connectivity index (χ3v) is 3.38. The first-order chi connectivity index (χ1) is 8.52. The maximum absolute atomic E-state index is 12.2. The highest BCUT2D eigenvalue weighted by molar-refractivity contribution is 14.1. The van der Waals surface area contributed by atoms with Gasteiger partial charge >= 0.3 is 5.97 Å². The zero-order valence-corrected chi connectivity index (χ0v) is 11.7. The molecule has 1 aromatic carbocycles. The van der Waals surface area contributed by atoms with Crippen LogP contribution in [0.15, 0.2) is 18.2 Å². The molecule has 1 atom stereocenters. The molecule has 0 spiro atoms. The van der Waals surface area contributed by atoms with Gasteiger partial charge in [0.2, 0.25) is 5.91 Å². The van der Waals surface area contributed by atoms with Gasteiger partial charge in [-0.25, -0.2) is 0 Å². The average molecular weight is 359 g/mol.